The molecule has 0 radical (unpaired) electrons. The molecule has 6 heteroatoms. The molecule has 0 saturated carbocycles. The summed E-state index contributed by atoms with van der Waals surface area (Å²) in [6, 6.07) is 0. The maximum Gasteiger partial charge on any atom is 0.259 e. The van der Waals surface area contributed by atoms with Crippen molar-refractivity contribution in [2.75, 3.05) is 13.1 Å². The van der Waals surface area contributed by atoms with Gasteiger partial charge in [-0.05, 0) is 33.6 Å². The first-order valence-electron chi connectivity index (χ1n) is 7.20. The molecule has 2 aromatic heterocycles. The summed E-state index contributed by atoms with van der Waals surface area (Å²) >= 11 is 1.69. The average molecular weight is 305 g/mol. The predicted molar refractivity (Wildman–Crippen MR) is 80.7 cm³/mol. The molecule has 1 fully saturated rings. The van der Waals surface area contributed by atoms with Gasteiger partial charge < -0.3 is 9.42 Å². The van der Waals surface area contributed by atoms with Crippen molar-refractivity contribution in [1.82, 2.24) is 15.0 Å². The van der Waals surface area contributed by atoms with E-state index in [1.165, 1.54) is 0 Å². The first-order chi connectivity index (χ1) is 10.1. The number of hydrogen-bond donors (Lipinski definition) is 0. The van der Waals surface area contributed by atoms with Crippen molar-refractivity contribution >= 4 is 17.2 Å². The molecule has 5 nitrogen and oxygen atoms in total. The Kier molecular flexibility index (Phi) is 3.80. The fourth-order valence-corrected chi connectivity index (χ4v) is 3.79. The van der Waals surface area contributed by atoms with Crippen molar-refractivity contribution in [3.05, 3.63) is 33.1 Å². The number of aromatic nitrogens is 2. The van der Waals surface area contributed by atoms with Gasteiger partial charge in [0.25, 0.3) is 5.91 Å². The van der Waals surface area contributed by atoms with Gasteiger partial charge in [0.2, 0.25) is 0 Å². The molecule has 3 heterocycles. The van der Waals surface area contributed by atoms with Gasteiger partial charge in [-0.3, -0.25) is 4.79 Å². The molecule has 0 N–H and O–H groups in total. The van der Waals surface area contributed by atoms with E-state index >= 15 is 0 Å². The molecular weight excluding hydrogens is 286 g/mol. The van der Waals surface area contributed by atoms with E-state index in [1.54, 1.807) is 18.3 Å². The minimum absolute atomic E-state index is 0.0317. The van der Waals surface area contributed by atoms with Crippen LogP contribution >= 0.6 is 11.3 Å². The summed E-state index contributed by atoms with van der Waals surface area (Å²) in [4.78, 5) is 19.2. The van der Waals surface area contributed by atoms with Gasteiger partial charge >= 0.3 is 0 Å². The second-order valence-corrected chi connectivity index (χ2v) is 6.51. The minimum Gasteiger partial charge on any atom is -0.361 e. The Morgan fingerprint density at radius 1 is 1.43 bits per heavy atom. The number of piperidine rings is 1. The van der Waals surface area contributed by atoms with E-state index < -0.39 is 0 Å². The van der Waals surface area contributed by atoms with E-state index in [1.807, 2.05) is 18.7 Å². The Labute approximate surface area is 128 Å². The summed E-state index contributed by atoms with van der Waals surface area (Å²) in [5.74, 6) is 0.982. The Morgan fingerprint density at radius 2 is 2.24 bits per heavy atom. The van der Waals surface area contributed by atoms with Gasteiger partial charge in [0, 0.05) is 30.1 Å². The van der Waals surface area contributed by atoms with Crippen LogP contribution in [-0.2, 0) is 0 Å². The molecule has 21 heavy (non-hydrogen) atoms. The second kappa shape index (κ2) is 5.60. The molecule has 1 amide bonds. The molecular formula is C15H19N3O2S. The number of nitrogens with zero attached hydrogens (tertiary/aromatic N) is 3. The van der Waals surface area contributed by atoms with Crippen molar-refractivity contribution < 1.29 is 9.32 Å². The molecule has 0 bridgehead atoms. The highest BCUT2D eigenvalue weighted by Gasteiger charge is 2.29. The van der Waals surface area contributed by atoms with Crippen LogP contribution in [0.15, 0.2) is 9.90 Å². The van der Waals surface area contributed by atoms with Crippen LogP contribution in [0.2, 0.25) is 0 Å². The topological polar surface area (TPSA) is 59.2 Å². The molecule has 0 aromatic carbocycles. The van der Waals surface area contributed by atoms with Gasteiger partial charge in [0.1, 0.15) is 11.3 Å². The maximum absolute atomic E-state index is 12.7. The zero-order valence-electron chi connectivity index (χ0n) is 12.5. The summed E-state index contributed by atoms with van der Waals surface area (Å²) in [5.41, 5.74) is 2.35. The molecule has 0 aliphatic carbocycles. The lowest BCUT2D eigenvalue weighted by molar-refractivity contribution is 0.0704. The average Bonchev–Trinajstić information content (AvgIpc) is 3.05. The highest BCUT2D eigenvalue weighted by molar-refractivity contribution is 7.09. The maximum atomic E-state index is 12.7. The van der Waals surface area contributed by atoms with Crippen LogP contribution in [-0.4, -0.2) is 34.0 Å². The number of hydrogen-bond acceptors (Lipinski definition) is 5. The van der Waals surface area contributed by atoms with E-state index in [0.717, 1.165) is 36.6 Å². The van der Waals surface area contributed by atoms with Crippen molar-refractivity contribution in [3.63, 3.8) is 0 Å². The number of amides is 1. The van der Waals surface area contributed by atoms with Crippen LogP contribution < -0.4 is 0 Å². The zero-order chi connectivity index (χ0) is 15.0. The van der Waals surface area contributed by atoms with Crippen LogP contribution in [0, 0.1) is 20.8 Å². The largest absolute Gasteiger partial charge is 0.361 e. The second-order valence-electron chi connectivity index (χ2n) is 5.62. The lowest BCUT2D eigenvalue weighted by atomic mass is 9.98. The lowest BCUT2D eigenvalue weighted by Gasteiger charge is -2.31. The predicted octanol–water partition coefficient (Wildman–Crippen LogP) is 3.08. The van der Waals surface area contributed by atoms with Gasteiger partial charge in [0.05, 0.1) is 10.7 Å². The highest BCUT2D eigenvalue weighted by atomic mass is 32.1. The number of rotatable bonds is 2. The first kappa shape index (κ1) is 14.3. The number of likely N-dealkylation sites (tertiary alicyclic amines) is 1. The number of carbonyl (C=O) groups is 1. The van der Waals surface area contributed by atoms with Gasteiger partial charge in [0.15, 0.2) is 0 Å². The highest BCUT2D eigenvalue weighted by Crippen LogP contribution is 2.30. The molecule has 1 atom stereocenters. The zero-order valence-corrected chi connectivity index (χ0v) is 13.4. The van der Waals surface area contributed by atoms with Crippen LogP contribution in [0.25, 0.3) is 0 Å². The van der Waals surface area contributed by atoms with Gasteiger partial charge in [-0.15, -0.1) is 11.3 Å². The quantitative estimate of drug-likeness (QED) is 0.855. The van der Waals surface area contributed by atoms with Gasteiger partial charge in [-0.1, -0.05) is 5.16 Å². The Hall–Kier alpha value is -1.69. The van der Waals surface area contributed by atoms with Crippen molar-refractivity contribution in [2.45, 2.75) is 39.5 Å². The third kappa shape index (κ3) is 2.72. The summed E-state index contributed by atoms with van der Waals surface area (Å²) in [6.45, 7) is 7.14. The van der Waals surface area contributed by atoms with Crippen LogP contribution in [0.1, 0.15) is 51.3 Å². The van der Waals surface area contributed by atoms with E-state index in [2.05, 4.69) is 15.5 Å². The van der Waals surface area contributed by atoms with Gasteiger partial charge in [-0.25, -0.2) is 4.98 Å². The molecule has 0 unspecified atom stereocenters. The Morgan fingerprint density at radius 3 is 2.86 bits per heavy atom. The molecule has 112 valence electrons. The van der Waals surface area contributed by atoms with E-state index in [0.29, 0.717) is 22.9 Å². The Bertz CT molecular complexity index is 642. The van der Waals surface area contributed by atoms with Crippen LogP contribution in [0.4, 0.5) is 0 Å². The fourth-order valence-electron chi connectivity index (χ4n) is 2.87. The SMILES string of the molecule is Cc1csc([C@@H]2CCCN(C(=O)c3c(C)noc3C)C2)n1. The van der Waals surface area contributed by atoms with E-state index in [-0.39, 0.29) is 5.91 Å². The molecule has 1 aliphatic rings. The molecule has 0 spiro atoms. The van der Waals surface area contributed by atoms with Crippen molar-refractivity contribution in [1.29, 1.82) is 0 Å². The Balaban J connectivity index is 1.78. The van der Waals surface area contributed by atoms with E-state index in [9.17, 15) is 4.79 Å². The van der Waals surface area contributed by atoms with Crippen molar-refractivity contribution in [3.8, 4) is 0 Å². The summed E-state index contributed by atoms with van der Waals surface area (Å²) in [6.07, 6.45) is 2.11. The van der Waals surface area contributed by atoms with Gasteiger partial charge in [-0.2, -0.15) is 0 Å². The molecule has 1 saturated heterocycles. The third-order valence-corrected chi connectivity index (χ3v) is 5.07. The molecule has 1 aliphatic heterocycles. The minimum atomic E-state index is 0.0317. The lowest BCUT2D eigenvalue weighted by Crippen LogP contribution is -2.39. The summed E-state index contributed by atoms with van der Waals surface area (Å²) in [7, 11) is 0. The first-order valence-corrected chi connectivity index (χ1v) is 8.08. The van der Waals surface area contributed by atoms with Crippen LogP contribution in [0.5, 0.6) is 0 Å². The third-order valence-electron chi connectivity index (χ3n) is 3.94. The number of thiazole rings is 1. The smallest absolute Gasteiger partial charge is 0.259 e. The standard InChI is InChI=1S/C15H19N3O2S/c1-9-8-21-14(16-9)12-5-4-6-18(7-12)15(19)13-10(2)17-20-11(13)3/h8,12H,4-7H2,1-3H3/t12-/m1/s1. The molecule has 2 aromatic rings. The fraction of sp³-hybridized carbons (Fsp3) is 0.533. The number of carbonyl (C=O) groups excluding carboxylic acids is 1. The summed E-state index contributed by atoms with van der Waals surface area (Å²) in [5, 5.41) is 7.10. The normalized spacial score (nSPS) is 19.0. The number of aryl methyl sites for hydroxylation is 3. The van der Waals surface area contributed by atoms with Crippen LogP contribution in [0.3, 0.4) is 0 Å². The van der Waals surface area contributed by atoms with E-state index in [4.69, 9.17) is 4.52 Å². The monoisotopic (exact) mass is 305 g/mol. The molecule has 3 rings (SSSR count). The summed E-state index contributed by atoms with van der Waals surface area (Å²) < 4.78 is 5.11. The van der Waals surface area contributed by atoms with Crippen molar-refractivity contribution in [2.24, 2.45) is 0 Å².